The highest BCUT2D eigenvalue weighted by molar-refractivity contribution is 4.83. The predicted molar refractivity (Wildman–Crippen MR) is 72.8 cm³/mol. The number of unbranched alkanes of at least 4 members (excludes halogenated alkanes) is 3. The Morgan fingerprint density at radius 3 is 2.56 bits per heavy atom. The highest BCUT2D eigenvalue weighted by atomic mass is 15.0. The lowest BCUT2D eigenvalue weighted by molar-refractivity contribution is 0.318. The smallest absolute Gasteiger partial charge is 0.00696 e. The summed E-state index contributed by atoms with van der Waals surface area (Å²) in [4.78, 5) is 0. The molecule has 1 heteroatoms. The maximum atomic E-state index is 3.70. The first kappa shape index (κ1) is 13.8. The molecule has 16 heavy (non-hydrogen) atoms. The van der Waals surface area contributed by atoms with Crippen molar-refractivity contribution in [3.63, 3.8) is 0 Å². The predicted octanol–water partition coefficient (Wildman–Crippen LogP) is 4.43. The fourth-order valence-electron chi connectivity index (χ4n) is 2.51. The standard InChI is InChI=1S/C15H29N/c1-3-4-5-6-7-8-9-12-15-13-10-11-14(2)16-15/h6-7,14-16H,3-5,8-13H2,1-2H3/b7-6-. The van der Waals surface area contributed by atoms with E-state index in [2.05, 4.69) is 31.3 Å². The Kier molecular flexibility index (Phi) is 7.58. The molecule has 1 fully saturated rings. The highest BCUT2D eigenvalue weighted by Gasteiger charge is 2.16. The molecule has 1 N–H and O–H groups in total. The van der Waals surface area contributed by atoms with E-state index in [1.54, 1.807) is 0 Å². The van der Waals surface area contributed by atoms with Gasteiger partial charge < -0.3 is 5.32 Å². The minimum absolute atomic E-state index is 0.749. The van der Waals surface area contributed by atoms with Gasteiger partial charge in [0.15, 0.2) is 0 Å². The summed E-state index contributed by atoms with van der Waals surface area (Å²) in [5.41, 5.74) is 0. The molecule has 1 saturated heterocycles. The first-order chi connectivity index (χ1) is 7.83. The molecule has 1 rings (SSSR count). The van der Waals surface area contributed by atoms with Crippen molar-refractivity contribution >= 4 is 0 Å². The van der Waals surface area contributed by atoms with Gasteiger partial charge in [-0.05, 0) is 45.4 Å². The normalized spacial score (nSPS) is 26.4. The van der Waals surface area contributed by atoms with Gasteiger partial charge in [0.1, 0.15) is 0 Å². The van der Waals surface area contributed by atoms with Gasteiger partial charge in [-0.2, -0.15) is 0 Å². The fraction of sp³-hybridized carbons (Fsp3) is 0.867. The monoisotopic (exact) mass is 223 g/mol. The number of nitrogens with one attached hydrogen (secondary N) is 1. The summed E-state index contributed by atoms with van der Waals surface area (Å²) in [7, 11) is 0. The summed E-state index contributed by atoms with van der Waals surface area (Å²) >= 11 is 0. The van der Waals surface area contributed by atoms with Crippen LogP contribution in [0.25, 0.3) is 0 Å². The van der Waals surface area contributed by atoms with Gasteiger partial charge in [0, 0.05) is 12.1 Å². The van der Waals surface area contributed by atoms with Crippen LogP contribution in [0.1, 0.15) is 71.6 Å². The van der Waals surface area contributed by atoms with E-state index < -0.39 is 0 Å². The fourth-order valence-corrected chi connectivity index (χ4v) is 2.51. The van der Waals surface area contributed by atoms with Crippen LogP contribution in [0, 0.1) is 0 Å². The van der Waals surface area contributed by atoms with E-state index in [-0.39, 0.29) is 0 Å². The Morgan fingerprint density at radius 2 is 1.88 bits per heavy atom. The molecular weight excluding hydrogens is 194 g/mol. The van der Waals surface area contributed by atoms with E-state index in [4.69, 9.17) is 0 Å². The highest BCUT2D eigenvalue weighted by Crippen LogP contribution is 2.16. The van der Waals surface area contributed by atoms with Crippen LogP contribution in [0.4, 0.5) is 0 Å². The zero-order valence-corrected chi connectivity index (χ0v) is 11.2. The van der Waals surface area contributed by atoms with Crippen LogP contribution in [0.5, 0.6) is 0 Å². The van der Waals surface area contributed by atoms with Crippen molar-refractivity contribution in [2.45, 2.75) is 83.7 Å². The van der Waals surface area contributed by atoms with Crippen LogP contribution < -0.4 is 5.32 Å². The Hall–Kier alpha value is -0.300. The van der Waals surface area contributed by atoms with E-state index in [0.29, 0.717) is 0 Å². The summed E-state index contributed by atoms with van der Waals surface area (Å²) in [5.74, 6) is 0. The van der Waals surface area contributed by atoms with Crippen molar-refractivity contribution in [2.75, 3.05) is 0 Å². The van der Waals surface area contributed by atoms with Crippen molar-refractivity contribution in [3.05, 3.63) is 12.2 Å². The molecular formula is C15H29N. The van der Waals surface area contributed by atoms with Gasteiger partial charge in [-0.15, -0.1) is 0 Å². The summed E-state index contributed by atoms with van der Waals surface area (Å²) < 4.78 is 0. The SMILES string of the molecule is CCCC/C=C\CCCC1CCCC(C)N1. The molecule has 0 aliphatic carbocycles. The Balaban J connectivity index is 1.96. The molecule has 1 nitrogen and oxygen atoms in total. The minimum Gasteiger partial charge on any atom is -0.312 e. The van der Waals surface area contributed by atoms with Gasteiger partial charge in [-0.3, -0.25) is 0 Å². The molecule has 0 saturated carbocycles. The molecule has 1 aliphatic heterocycles. The van der Waals surface area contributed by atoms with Crippen LogP contribution in [0.3, 0.4) is 0 Å². The molecule has 0 aromatic rings. The number of rotatable bonds is 7. The molecule has 2 unspecified atom stereocenters. The van der Waals surface area contributed by atoms with Crippen molar-refractivity contribution < 1.29 is 0 Å². The Bertz CT molecular complexity index is 186. The van der Waals surface area contributed by atoms with Crippen molar-refractivity contribution in [1.82, 2.24) is 5.32 Å². The second-order valence-corrected chi connectivity index (χ2v) is 5.24. The van der Waals surface area contributed by atoms with E-state index in [1.807, 2.05) is 0 Å². The van der Waals surface area contributed by atoms with E-state index >= 15 is 0 Å². The maximum Gasteiger partial charge on any atom is 0.00696 e. The molecule has 0 bridgehead atoms. The Labute approximate surface area is 102 Å². The molecule has 1 aliphatic rings. The largest absolute Gasteiger partial charge is 0.312 e. The summed E-state index contributed by atoms with van der Waals surface area (Å²) in [5, 5.41) is 3.70. The van der Waals surface area contributed by atoms with E-state index in [9.17, 15) is 0 Å². The van der Waals surface area contributed by atoms with Crippen LogP contribution in [-0.4, -0.2) is 12.1 Å². The number of hydrogen-bond acceptors (Lipinski definition) is 1. The second kappa shape index (κ2) is 8.81. The zero-order chi connectivity index (χ0) is 11.6. The molecule has 0 spiro atoms. The first-order valence-electron chi connectivity index (χ1n) is 7.24. The topological polar surface area (TPSA) is 12.0 Å². The van der Waals surface area contributed by atoms with E-state index in [1.165, 1.54) is 57.8 Å². The van der Waals surface area contributed by atoms with Gasteiger partial charge in [-0.1, -0.05) is 38.3 Å². The molecule has 0 amide bonds. The summed E-state index contributed by atoms with van der Waals surface area (Å²) in [6.07, 6.45) is 16.8. The van der Waals surface area contributed by atoms with Gasteiger partial charge in [-0.25, -0.2) is 0 Å². The van der Waals surface area contributed by atoms with Gasteiger partial charge in [0.2, 0.25) is 0 Å². The minimum atomic E-state index is 0.749. The average Bonchev–Trinajstić information content (AvgIpc) is 2.28. The lowest BCUT2D eigenvalue weighted by Crippen LogP contribution is -2.40. The second-order valence-electron chi connectivity index (χ2n) is 5.24. The van der Waals surface area contributed by atoms with Crippen LogP contribution in [0.2, 0.25) is 0 Å². The summed E-state index contributed by atoms with van der Waals surface area (Å²) in [6, 6.07) is 1.55. The van der Waals surface area contributed by atoms with Gasteiger partial charge in [0.05, 0.1) is 0 Å². The van der Waals surface area contributed by atoms with Crippen LogP contribution in [-0.2, 0) is 0 Å². The third kappa shape index (κ3) is 6.32. The molecule has 0 aromatic heterocycles. The van der Waals surface area contributed by atoms with Crippen LogP contribution in [0.15, 0.2) is 12.2 Å². The lowest BCUT2D eigenvalue weighted by atomic mass is 9.96. The van der Waals surface area contributed by atoms with Gasteiger partial charge >= 0.3 is 0 Å². The third-order valence-corrected chi connectivity index (χ3v) is 3.52. The van der Waals surface area contributed by atoms with Crippen LogP contribution >= 0.6 is 0 Å². The van der Waals surface area contributed by atoms with Crippen molar-refractivity contribution in [2.24, 2.45) is 0 Å². The number of allylic oxidation sites excluding steroid dienone is 2. The first-order valence-corrected chi connectivity index (χ1v) is 7.24. The molecule has 0 radical (unpaired) electrons. The average molecular weight is 223 g/mol. The molecule has 0 aromatic carbocycles. The van der Waals surface area contributed by atoms with Crippen molar-refractivity contribution in [3.8, 4) is 0 Å². The number of hydrogen-bond donors (Lipinski definition) is 1. The lowest BCUT2D eigenvalue weighted by Gasteiger charge is -2.28. The van der Waals surface area contributed by atoms with Crippen molar-refractivity contribution in [1.29, 1.82) is 0 Å². The molecule has 2 atom stereocenters. The summed E-state index contributed by atoms with van der Waals surface area (Å²) in [6.45, 7) is 4.57. The van der Waals surface area contributed by atoms with E-state index in [0.717, 1.165) is 12.1 Å². The quantitative estimate of drug-likeness (QED) is 0.497. The number of piperidine rings is 1. The zero-order valence-electron chi connectivity index (χ0n) is 11.2. The third-order valence-electron chi connectivity index (χ3n) is 3.52. The maximum absolute atomic E-state index is 3.70. The Morgan fingerprint density at radius 1 is 1.12 bits per heavy atom. The molecule has 1 heterocycles. The van der Waals surface area contributed by atoms with Gasteiger partial charge in [0.25, 0.3) is 0 Å². The molecule has 94 valence electrons.